The molecule has 0 heterocycles. The predicted molar refractivity (Wildman–Crippen MR) is 68.6 cm³/mol. The van der Waals surface area contributed by atoms with Gasteiger partial charge in [0.1, 0.15) is 0 Å². The smallest absolute Gasteiger partial charge is 0.338 e. The number of carbonyl (C=O) groups excluding carboxylic acids is 2. The summed E-state index contributed by atoms with van der Waals surface area (Å²) < 4.78 is 0. The van der Waals surface area contributed by atoms with Gasteiger partial charge in [0.2, 0.25) is 11.8 Å². The van der Waals surface area contributed by atoms with E-state index in [1.54, 1.807) is 19.1 Å². The van der Waals surface area contributed by atoms with Gasteiger partial charge in [0.25, 0.3) is 0 Å². The van der Waals surface area contributed by atoms with Crippen LogP contribution in [0.1, 0.15) is 22.3 Å². The number of rotatable bonds is 5. The minimum absolute atomic E-state index is 0.0119. The minimum atomic E-state index is -1.16. The fraction of sp³-hybridized carbons (Fsp3) is 0.250. The van der Waals surface area contributed by atoms with Crippen molar-refractivity contribution >= 4 is 23.5 Å². The molecule has 0 aliphatic rings. The van der Waals surface area contributed by atoms with Crippen molar-refractivity contribution in [2.75, 3.05) is 5.32 Å². The lowest BCUT2D eigenvalue weighted by atomic mass is 10.1. The molecule has 0 saturated carbocycles. The number of benzene rings is 1. The molecule has 19 heavy (non-hydrogen) atoms. The van der Waals surface area contributed by atoms with Crippen LogP contribution in [0.15, 0.2) is 18.2 Å². The number of carboxylic acid groups (broad SMARTS) is 1. The van der Waals surface area contributed by atoms with Crippen LogP contribution in [0, 0.1) is 6.92 Å². The molecule has 102 valence electrons. The van der Waals surface area contributed by atoms with E-state index in [4.69, 9.17) is 16.6 Å². The summed E-state index contributed by atoms with van der Waals surface area (Å²) in [6.45, 7) is 1.61. The Morgan fingerprint density at radius 3 is 2.53 bits per heavy atom. The maximum absolute atomic E-state index is 11.7. The lowest BCUT2D eigenvalue weighted by molar-refractivity contribution is -0.123. The Hall–Kier alpha value is -2.41. The maximum atomic E-state index is 11.7. The number of hydrogen-bond acceptors (Lipinski definition) is 4. The van der Waals surface area contributed by atoms with Gasteiger partial charge >= 0.3 is 5.97 Å². The van der Waals surface area contributed by atoms with Crippen LogP contribution in [-0.2, 0) is 9.59 Å². The van der Waals surface area contributed by atoms with E-state index in [9.17, 15) is 14.4 Å². The largest absolute Gasteiger partial charge is 0.478 e. The second-order valence-electron chi connectivity index (χ2n) is 4.07. The van der Waals surface area contributed by atoms with Gasteiger partial charge in [-0.15, -0.1) is 0 Å². The van der Waals surface area contributed by atoms with Crippen molar-refractivity contribution in [1.82, 2.24) is 0 Å². The maximum Gasteiger partial charge on any atom is 0.338 e. The molecule has 1 rings (SSSR count). The third-order valence-electron chi connectivity index (χ3n) is 2.50. The highest BCUT2D eigenvalue weighted by atomic mass is 16.4. The summed E-state index contributed by atoms with van der Waals surface area (Å²) in [7, 11) is 0. The standard InChI is InChI=1S/C12H15N3O4/c1-6-3-2-4-8(10(6)12(18)19)15-11(17)7(13)5-9(14)16/h2-4,7H,5,13H2,1H3,(H2,14,16)(H,15,17)(H,18,19). The second kappa shape index (κ2) is 5.96. The second-order valence-corrected chi connectivity index (χ2v) is 4.07. The summed E-state index contributed by atoms with van der Waals surface area (Å²) in [5, 5.41) is 11.5. The SMILES string of the molecule is Cc1cccc(NC(=O)C(N)CC(N)=O)c1C(=O)O. The number of carbonyl (C=O) groups is 3. The Morgan fingerprint density at radius 2 is 2.00 bits per heavy atom. The average Bonchev–Trinajstić information content (AvgIpc) is 2.27. The molecule has 0 aliphatic heterocycles. The first-order chi connectivity index (χ1) is 8.82. The van der Waals surface area contributed by atoms with E-state index in [-0.39, 0.29) is 17.7 Å². The molecule has 1 atom stereocenters. The molecule has 1 unspecified atom stereocenters. The number of nitrogens with one attached hydrogen (secondary N) is 1. The van der Waals surface area contributed by atoms with E-state index in [2.05, 4.69) is 5.32 Å². The number of nitrogens with two attached hydrogens (primary N) is 2. The lowest BCUT2D eigenvalue weighted by Gasteiger charge is -2.13. The molecule has 6 N–H and O–H groups in total. The molecule has 0 saturated heterocycles. The number of aryl methyl sites for hydroxylation is 1. The summed E-state index contributed by atoms with van der Waals surface area (Å²) in [4.78, 5) is 33.5. The van der Waals surface area contributed by atoms with Crippen molar-refractivity contribution < 1.29 is 19.5 Å². The van der Waals surface area contributed by atoms with Gasteiger partial charge in [-0.05, 0) is 18.6 Å². The van der Waals surface area contributed by atoms with Crippen LogP contribution in [-0.4, -0.2) is 28.9 Å². The number of aromatic carboxylic acids is 1. The summed E-state index contributed by atoms with van der Waals surface area (Å²) in [5.41, 5.74) is 11.0. The molecule has 0 aliphatic carbocycles. The van der Waals surface area contributed by atoms with E-state index in [0.717, 1.165) is 0 Å². The van der Waals surface area contributed by atoms with Gasteiger partial charge in [0.15, 0.2) is 0 Å². The lowest BCUT2D eigenvalue weighted by Crippen LogP contribution is -2.39. The van der Waals surface area contributed by atoms with Crippen molar-refractivity contribution in [2.45, 2.75) is 19.4 Å². The first-order valence-electron chi connectivity index (χ1n) is 5.50. The molecule has 7 nitrogen and oxygen atoms in total. The Labute approximate surface area is 109 Å². The van der Waals surface area contributed by atoms with Crippen molar-refractivity contribution in [3.8, 4) is 0 Å². The van der Waals surface area contributed by atoms with Crippen LogP contribution in [0.25, 0.3) is 0 Å². The molecule has 2 amide bonds. The molecule has 0 spiro atoms. The Morgan fingerprint density at radius 1 is 1.37 bits per heavy atom. The Balaban J connectivity index is 2.94. The third-order valence-corrected chi connectivity index (χ3v) is 2.50. The Kier molecular flexibility index (Phi) is 4.60. The normalized spacial score (nSPS) is 11.7. The van der Waals surface area contributed by atoms with Gasteiger partial charge in [-0.2, -0.15) is 0 Å². The summed E-state index contributed by atoms with van der Waals surface area (Å²) in [5.74, 6) is -2.52. The van der Waals surface area contributed by atoms with Gasteiger partial charge < -0.3 is 21.9 Å². The van der Waals surface area contributed by atoms with Crippen LogP contribution in [0.4, 0.5) is 5.69 Å². The number of anilines is 1. The van der Waals surface area contributed by atoms with Crippen LogP contribution in [0.2, 0.25) is 0 Å². The molecule has 0 bridgehead atoms. The zero-order chi connectivity index (χ0) is 14.6. The van der Waals surface area contributed by atoms with E-state index in [0.29, 0.717) is 5.56 Å². The summed E-state index contributed by atoms with van der Waals surface area (Å²) >= 11 is 0. The minimum Gasteiger partial charge on any atom is -0.478 e. The molecule has 1 aromatic carbocycles. The molecular weight excluding hydrogens is 250 g/mol. The first-order valence-corrected chi connectivity index (χ1v) is 5.50. The molecule has 1 aromatic rings. The van der Waals surface area contributed by atoms with E-state index in [1.165, 1.54) is 6.07 Å². The van der Waals surface area contributed by atoms with E-state index < -0.39 is 23.8 Å². The van der Waals surface area contributed by atoms with Crippen LogP contribution in [0.3, 0.4) is 0 Å². The highest BCUT2D eigenvalue weighted by Crippen LogP contribution is 2.19. The van der Waals surface area contributed by atoms with E-state index >= 15 is 0 Å². The first kappa shape index (κ1) is 14.7. The number of primary amides is 1. The number of amides is 2. The van der Waals surface area contributed by atoms with Crippen LogP contribution < -0.4 is 16.8 Å². The van der Waals surface area contributed by atoms with Crippen LogP contribution in [0.5, 0.6) is 0 Å². The fourth-order valence-corrected chi connectivity index (χ4v) is 1.59. The summed E-state index contributed by atoms with van der Waals surface area (Å²) in [6, 6.07) is 3.56. The van der Waals surface area contributed by atoms with E-state index in [1.807, 2.05) is 0 Å². The molecule has 0 fully saturated rings. The third kappa shape index (κ3) is 3.78. The highest BCUT2D eigenvalue weighted by molar-refractivity contribution is 6.03. The predicted octanol–water partition coefficient (Wildman–Crippen LogP) is -0.166. The average molecular weight is 265 g/mol. The quantitative estimate of drug-likeness (QED) is 0.586. The molecule has 0 aromatic heterocycles. The number of carboxylic acids is 1. The van der Waals surface area contributed by atoms with Crippen molar-refractivity contribution in [1.29, 1.82) is 0 Å². The van der Waals surface area contributed by atoms with Gasteiger partial charge in [-0.1, -0.05) is 12.1 Å². The van der Waals surface area contributed by atoms with Gasteiger partial charge in [-0.3, -0.25) is 9.59 Å². The van der Waals surface area contributed by atoms with Crippen molar-refractivity contribution in [2.24, 2.45) is 11.5 Å². The topological polar surface area (TPSA) is 136 Å². The Bertz CT molecular complexity index is 528. The zero-order valence-corrected chi connectivity index (χ0v) is 10.3. The van der Waals surface area contributed by atoms with Gasteiger partial charge in [0.05, 0.1) is 23.7 Å². The van der Waals surface area contributed by atoms with Crippen LogP contribution >= 0.6 is 0 Å². The molecule has 7 heteroatoms. The fourth-order valence-electron chi connectivity index (χ4n) is 1.59. The highest BCUT2D eigenvalue weighted by Gasteiger charge is 2.19. The van der Waals surface area contributed by atoms with Gasteiger partial charge in [0, 0.05) is 0 Å². The van der Waals surface area contributed by atoms with Crippen molar-refractivity contribution in [3.63, 3.8) is 0 Å². The monoisotopic (exact) mass is 265 g/mol. The zero-order valence-electron chi connectivity index (χ0n) is 10.3. The van der Waals surface area contributed by atoms with Gasteiger partial charge in [-0.25, -0.2) is 4.79 Å². The summed E-state index contributed by atoms with van der Waals surface area (Å²) in [6.07, 6.45) is -0.306. The molecular formula is C12H15N3O4. The molecule has 0 radical (unpaired) electrons. The number of hydrogen-bond donors (Lipinski definition) is 4. The van der Waals surface area contributed by atoms with Crippen molar-refractivity contribution in [3.05, 3.63) is 29.3 Å².